The van der Waals surface area contributed by atoms with Crippen LogP contribution in [-0.2, 0) is 50.5 Å². The Morgan fingerprint density at radius 2 is 1.71 bits per heavy atom. The van der Waals surface area contributed by atoms with E-state index in [1.807, 2.05) is 39.8 Å². The van der Waals surface area contributed by atoms with Crippen molar-refractivity contribution in [3.05, 3.63) is 112 Å². The Morgan fingerprint density at radius 1 is 0.894 bits per heavy atom. The number of fused-ring (bicyclic) bond motifs is 4. The smallest absolute Gasteiger partial charge is 0.255 e. The van der Waals surface area contributed by atoms with E-state index < -0.39 is 29.7 Å². The van der Waals surface area contributed by atoms with Crippen molar-refractivity contribution >= 4 is 57.4 Å². The van der Waals surface area contributed by atoms with Gasteiger partial charge in [0.05, 0.1) is 25.1 Å². The van der Waals surface area contributed by atoms with Crippen molar-refractivity contribution in [3.63, 3.8) is 0 Å². The zero-order chi connectivity index (χ0) is 45.1. The van der Waals surface area contributed by atoms with Gasteiger partial charge in [0.25, 0.3) is 11.8 Å². The molecule has 1 spiro atoms. The van der Waals surface area contributed by atoms with E-state index in [1.54, 1.807) is 24.0 Å². The largest absolute Gasteiger partial charge is 0.373 e. The fourth-order valence-corrected chi connectivity index (χ4v) is 11.7. The Balaban J connectivity index is 0.696. The van der Waals surface area contributed by atoms with Gasteiger partial charge in [-0.2, -0.15) is 0 Å². The molecule has 5 aromatic rings. The van der Waals surface area contributed by atoms with E-state index in [-0.39, 0.29) is 40.8 Å². The topological polar surface area (TPSA) is 165 Å². The number of piperazine rings is 1. The predicted octanol–water partition coefficient (Wildman–Crippen LogP) is 5.27. The number of amides is 5. The molecule has 0 bridgehead atoms. The highest BCUT2D eigenvalue weighted by Crippen LogP contribution is 2.48. The number of thiazole rings is 1. The lowest BCUT2D eigenvalue weighted by Gasteiger charge is -2.41. The van der Waals surface area contributed by atoms with E-state index in [4.69, 9.17) is 0 Å². The second-order valence-electron chi connectivity index (χ2n) is 18.5. The van der Waals surface area contributed by atoms with Crippen LogP contribution in [0.5, 0.6) is 0 Å². The predicted molar refractivity (Wildman–Crippen MR) is 246 cm³/mol. The summed E-state index contributed by atoms with van der Waals surface area (Å²) in [6.45, 7) is 5.45. The first-order valence-corrected chi connectivity index (χ1v) is 23.9. The van der Waals surface area contributed by atoms with E-state index in [2.05, 4.69) is 47.9 Å². The Hall–Kier alpha value is -6.46. The molecule has 0 radical (unpaired) electrons. The maximum absolute atomic E-state index is 16.0. The number of imide groups is 1. The molecule has 2 atom stereocenters. The molecule has 1 aliphatic carbocycles. The molecular formula is C49H51FN10O5S. The lowest BCUT2D eigenvalue weighted by atomic mass is 9.74. The van der Waals surface area contributed by atoms with Gasteiger partial charge < -0.3 is 24.6 Å². The van der Waals surface area contributed by atoms with Gasteiger partial charge in [-0.05, 0) is 116 Å². The van der Waals surface area contributed by atoms with Crippen molar-refractivity contribution in [2.75, 3.05) is 61.3 Å². The number of aryl methyl sites for hydroxylation is 1. The van der Waals surface area contributed by atoms with E-state index in [9.17, 15) is 24.0 Å². The second kappa shape index (κ2) is 17.1. The molecule has 0 saturated carbocycles. The van der Waals surface area contributed by atoms with Gasteiger partial charge >= 0.3 is 0 Å². The average molecular weight is 911 g/mol. The van der Waals surface area contributed by atoms with Gasteiger partial charge in [-0.15, -0.1) is 11.3 Å². The number of rotatable bonds is 10. The molecule has 3 fully saturated rings. The number of halogens is 1. The number of imidazole rings is 1. The van der Waals surface area contributed by atoms with Crippen LogP contribution in [-0.4, -0.2) is 111 Å². The second-order valence-corrected chi connectivity index (χ2v) is 19.4. The van der Waals surface area contributed by atoms with Gasteiger partial charge in [0.1, 0.15) is 11.9 Å². The van der Waals surface area contributed by atoms with Crippen molar-refractivity contribution in [3.8, 4) is 11.1 Å². The van der Waals surface area contributed by atoms with Gasteiger partial charge in [-0.3, -0.25) is 39.5 Å². The molecule has 340 valence electrons. The van der Waals surface area contributed by atoms with Crippen LogP contribution < -0.4 is 20.9 Å². The van der Waals surface area contributed by atoms with Crippen molar-refractivity contribution in [1.82, 2.24) is 34.6 Å². The zero-order valence-corrected chi connectivity index (χ0v) is 37.4. The van der Waals surface area contributed by atoms with Gasteiger partial charge in [0.15, 0.2) is 11.2 Å². The number of hydrogen-bond donors (Lipinski definition) is 3. The van der Waals surface area contributed by atoms with Crippen LogP contribution in [0.25, 0.3) is 11.1 Å². The van der Waals surface area contributed by atoms with Gasteiger partial charge in [0.2, 0.25) is 17.7 Å². The summed E-state index contributed by atoms with van der Waals surface area (Å²) in [6.07, 6.45) is 9.75. The first kappa shape index (κ1) is 42.2. The standard InChI is InChI=1S/C49H51FN10O5S/c50-37-26-31(25-34-35(37)27-60(47(34)65)44(46(64)55-48-51-16-24-66-48)43-40-5-2-17-59(40)29-52-43)30-6-8-32(9-7-30)57-20-22-58(23-21-57)42(62)28-56-18-14-49(15-19-56)13-12-33-36(49)3-1-4-38(33)53-39-10-11-41(61)54-45(39)63/h1,3-4,6-9,16,24-26,29,39,44,53H,2,5,10-15,17-23,27-28H2,(H,51,55,64)(H,54,61,63). The van der Waals surface area contributed by atoms with E-state index in [0.717, 1.165) is 80.8 Å². The molecule has 2 unspecified atom stereocenters. The third-order valence-corrected chi connectivity index (χ3v) is 15.5. The number of carbonyl (C=O) groups excluding carboxylic acids is 5. The van der Waals surface area contributed by atoms with Crippen LogP contribution in [0, 0.1) is 5.82 Å². The van der Waals surface area contributed by atoms with Crippen LogP contribution >= 0.6 is 11.3 Å². The summed E-state index contributed by atoms with van der Waals surface area (Å²) >= 11 is 1.28. The summed E-state index contributed by atoms with van der Waals surface area (Å²) in [5, 5.41) is 10.9. The normalized spacial score (nSPS) is 20.6. The van der Waals surface area contributed by atoms with Gasteiger partial charge in [-0.25, -0.2) is 14.4 Å². The Labute approximate surface area is 385 Å². The van der Waals surface area contributed by atoms with Crippen LogP contribution in [0.1, 0.15) is 83.0 Å². The summed E-state index contributed by atoms with van der Waals surface area (Å²) < 4.78 is 18.0. The van der Waals surface area contributed by atoms with Gasteiger partial charge in [0, 0.05) is 78.9 Å². The summed E-state index contributed by atoms with van der Waals surface area (Å²) in [5.41, 5.74) is 7.94. The molecule has 3 saturated heterocycles. The highest BCUT2D eigenvalue weighted by Gasteiger charge is 2.44. The number of carbonyl (C=O) groups is 5. The monoisotopic (exact) mass is 910 g/mol. The number of piperidine rings is 2. The van der Waals surface area contributed by atoms with Crippen molar-refractivity contribution in [2.45, 2.75) is 82.0 Å². The number of benzene rings is 3. The first-order chi connectivity index (χ1) is 32.1. The van der Waals surface area contributed by atoms with Gasteiger partial charge in [-0.1, -0.05) is 24.3 Å². The highest BCUT2D eigenvalue weighted by molar-refractivity contribution is 7.13. The van der Waals surface area contributed by atoms with Crippen LogP contribution in [0.4, 0.5) is 20.9 Å². The molecule has 5 amide bonds. The van der Waals surface area contributed by atoms with Crippen molar-refractivity contribution < 1.29 is 28.4 Å². The molecule has 7 heterocycles. The Bertz CT molecular complexity index is 2740. The summed E-state index contributed by atoms with van der Waals surface area (Å²) in [4.78, 5) is 82.5. The zero-order valence-electron chi connectivity index (χ0n) is 36.6. The van der Waals surface area contributed by atoms with Crippen molar-refractivity contribution in [2.24, 2.45) is 0 Å². The molecule has 11 rings (SSSR count). The molecule has 3 N–H and O–H groups in total. The first-order valence-electron chi connectivity index (χ1n) is 23.1. The van der Waals surface area contributed by atoms with Crippen LogP contribution in [0.3, 0.4) is 0 Å². The van der Waals surface area contributed by atoms with E-state index in [1.165, 1.54) is 33.4 Å². The molecule has 17 heteroatoms. The number of anilines is 3. The van der Waals surface area contributed by atoms with Crippen LogP contribution in [0.2, 0.25) is 0 Å². The average Bonchev–Trinajstić information content (AvgIpc) is 4.19. The number of aromatic nitrogens is 3. The minimum atomic E-state index is -1.05. The number of hydrogen-bond acceptors (Lipinski definition) is 11. The lowest BCUT2D eigenvalue weighted by molar-refractivity contribution is -0.134. The Morgan fingerprint density at radius 3 is 2.48 bits per heavy atom. The van der Waals surface area contributed by atoms with Crippen molar-refractivity contribution in [1.29, 1.82) is 0 Å². The molecule has 3 aromatic carbocycles. The third-order valence-electron chi connectivity index (χ3n) is 14.8. The van der Waals surface area contributed by atoms with E-state index >= 15 is 4.39 Å². The Kier molecular flexibility index (Phi) is 10.9. The fourth-order valence-electron chi connectivity index (χ4n) is 11.2. The molecule has 6 aliphatic rings. The molecule has 66 heavy (non-hydrogen) atoms. The third kappa shape index (κ3) is 7.70. The quantitative estimate of drug-likeness (QED) is 0.157. The lowest BCUT2D eigenvalue weighted by Crippen LogP contribution is -2.52. The number of nitrogens with one attached hydrogen (secondary N) is 3. The summed E-state index contributed by atoms with van der Waals surface area (Å²) in [7, 11) is 0. The number of nitrogens with zero attached hydrogens (tertiary/aromatic N) is 7. The molecule has 5 aliphatic heterocycles. The molecule has 2 aromatic heterocycles. The van der Waals surface area contributed by atoms with Crippen LogP contribution in [0.15, 0.2) is 72.5 Å². The summed E-state index contributed by atoms with van der Waals surface area (Å²) in [6, 6.07) is 15.9. The minimum absolute atomic E-state index is 0.0560. The molecular weight excluding hydrogens is 860 g/mol. The fraction of sp³-hybridized carbons (Fsp3) is 0.408. The number of likely N-dealkylation sites (tertiary alicyclic amines) is 1. The summed E-state index contributed by atoms with van der Waals surface area (Å²) in [5.74, 6) is -1.69. The maximum atomic E-state index is 16.0. The highest BCUT2D eigenvalue weighted by atomic mass is 32.1. The molecule has 15 nitrogen and oxygen atoms in total. The minimum Gasteiger partial charge on any atom is -0.373 e. The van der Waals surface area contributed by atoms with E-state index in [0.29, 0.717) is 62.0 Å². The maximum Gasteiger partial charge on any atom is 0.255 e. The SMILES string of the molecule is O=C1CCC(Nc2cccc3c2CCC32CCN(CC(=O)N3CCN(c4ccc(-c5cc(F)c6c(c5)C(=O)N(C(C(=O)Nc5nccs5)c5ncn7c5CCC7)C6)cc4)CC3)CC2)C(=O)N1.